The van der Waals surface area contributed by atoms with E-state index in [-0.39, 0.29) is 0 Å². The van der Waals surface area contributed by atoms with E-state index in [1.807, 2.05) is 0 Å². The van der Waals surface area contributed by atoms with Gasteiger partial charge in [-0.3, -0.25) is 0 Å². The Labute approximate surface area is 87.2 Å². The number of benzene rings is 1. The number of thiophene rings is 1. The van der Waals surface area contributed by atoms with Crippen LogP contribution in [0.25, 0.3) is 10.1 Å². The molecule has 0 spiro atoms. The number of hydrogen-bond donors (Lipinski definition) is 0. The van der Waals surface area contributed by atoms with Crippen LogP contribution in [-0.4, -0.2) is 0 Å². The molecule has 1 aromatic carbocycles. The van der Waals surface area contributed by atoms with Crippen LogP contribution < -0.4 is 0 Å². The third kappa shape index (κ3) is 1.36. The summed E-state index contributed by atoms with van der Waals surface area (Å²) in [7, 11) is 0. The first-order valence-corrected chi connectivity index (χ1v) is 5.65. The highest BCUT2D eigenvalue weighted by Gasteiger charge is 2.07. The van der Waals surface area contributed by atoms with Gasteiger partial charge < -0.3 is 0 Å². The molecule has 0 aliphatic carbocycles. The first-order valence-electron chi connectivity index (χ1n) is 4.39. The van der Waals surface area contributed by atoms with Crippen LogP contribution in [0.5, 0.6) is 0 Å². The first kappa shape index (κ1) is 9.04. The Kier molecular flexibility index (Phi) is 2.31. The number of halogens is 1. The molecule has 13 heavy (non-hydrogen) atoms. The van der Waals surface area contributed by atoms with Crippen molar-refractivity contribution in [2.45, 2.75) is 20.3 Å². The predicted molar refractivity (Wildman–Crippen MR) is 61.0 cm³/mol. The molecule has 0 radical (unpaired) electrons. The third-order valence-corrected chi connectivity index (χ3v) is 3.66. The maximum absolute atomic E-state index is 6.14. The highest BCUT2D eigenvalue weighted by Crippen LogP contribution is 2.33. The smallest absolute Gasteiger partial charge is 0.0495 e. The van der Waals surface area contributed by atoms with Crippen LogP contribution in [0, 0.1) is 6.92 Å². The molecule has 2 aromatic rings. The van der Waals surface area contributed by atoms with Crippen LogP contribution in [0.2, 0.25) is 5.02 Å². The molecule has 68 valence electrons. The Morgan fingerprint density at radius 3 is 2.92 bits per heavy atom. The lowest BCUT2D eigenvalue weighted by Gasteiger charge is -2.05. The van der Waals surface area contributed by atoms with Gasteiger partial charge in [0.25, 0.3) is 0 Å². The Balaban J connectivity index is 2.88. The van der Waals surface area contributed by atoms with Crippen LogP contribution >= 0.6 is 22.9 Å². The van der Waals surface area contributed by atoms with Crippen LogP contribution in [0.4, 0.5) is 0 Å². The lowest BCUT2D eigenvalue weighted by atomic mass is 10.0. The molecule has 0 nitrogen and oxygen atoms in total. The van der Waals surface area contributed by atoms with E-state index in [2.05, 4.69) is 31.4 Å². The number of hydrogen-bond acceptors (Lipinski definition) is 1. The van der Waals surface area contributed by atoms with Crippen molar-refractivity contribution >= 4 is 33.0 Å². The van der Waals surface area contributed by atoms with Gasteiger partial charge in [0.1, 0.15) is 0 Å². The second kappa shape index (κ2) is 3.32. The van der Waals surface area contributed by atoms with Crippen molar-refractivity contribution in [1.29, 1.82) is 0 Å². The van der Waals surface area contributed by atoms with E-state index in [1.165, 1.54) is 21.2 Å². The van der Waals surface area contributed by atoms with Gasteiger partial charge in [0.2, 0.25) is 0 Å². The fourth-order valence-electron chi connectivity index (χ4n) is 1.70. The van der Waals surface area contributed by atoms with Crippen molar-refractivity contribution in [3.05, 3.63) is 33.7 Å². The average molecular weight is 211 g/mol. The number of aryl methyl sites for hydroxylation is 2. The second-order valence-corrected chi connectivity index (χ2v) is 4.49. The van der Waals surface area contributed by atoms with Crippen LogP contribution in [-0.2, 0) is 6.42 Å². The second-order valence-electron chi connectivity index (χ2n) is 3.17. The fourth-order valence-corrected chi connectivity index (χ4v) is 3.17. The molecule has 0 fully saturated rings. The summed E-state index contributed by atoms with van der Waals surface area (Å²) in [5.41, 5.74) is 2.75. The van der Waals surface area contributed by atoms with Crippen molar-refractivity contribution in [3.8, 4) is 0 Å². The monoisotopic (exact) mass is 210 g/mol. The third-order valence-electron chi connectivity index (χ3n) is 2.37. The Bertz CT molecular complexity index is 443. The zero-order valence-corrected chi connectivity index (χ0v) is 9.30. The predicted octanol–water partition coefficient (Wildman–Crippen LogP) is 4.43. The van der Waals surface area contributed by atoms with Gasteiger partial charge in [-0.1, -0.05) is 18.5 Å². The van der Waals surface area contributed by atoms with E-state index >= 15 is 0 Å². The summed E-state index contributed by atoms with van der Waals surface area (Å²) in [6, 6.07) is 4.16. The molecule has 0 unspecified atom stereocenters. The first-order chi connectivity index (χ1) is 6.24. The molecule has 0 saturated carbocycles. The molecule has 0 bridgehead atoms. The summed E-state index contributed by atoms with van der Waals surface area (Å²) in [5, 5.41) is 4.19. The summed E-state index contributed by atoms with van der Waals surface area (Å²) >= 11 is 7.92. The van der Waals surface area contributed by atoms with Crippen LogP contribution in [0.15, 0.2) is 17.5 Å². The van der Waals surface area contributed by atoms with E-state index in [1.54, 1.807) is 11.3 Å². The van der Waals surface area contributed by atoms with E-state index in [0.717, 1.165) is 11.4 Å². The molecule has 0 atom stereocenters. The molecule has 0 amide bonds. The molecule has 0 aliphatic rings. The van der Waals surface area contributed by atoms with Crippen molar-refractivity contribution in [1.82, 2.24) is 0 Å². The van der Waals surface area contributed by atoms with Crippen LogP contribution in [0.3, 0.4) is 0 Å². The number of rotatable bonds is 1. The minimum atomic E-state index is 0.881. The normalized spacial score (nSPS) is 11.0. The van der Waals surface area contributed by atoms with Crippen LogP contribution in [0.1, 0.15) is 18.1 Å². The van der Waals surface area contributed by atoms with Crippen molar-refractivity contribution in [2.24, 2.45) is 0 Å². The van der Waals surface area contributed by atoms with Crippen molar-refractivity contribution in [2.75, 3.05) is 0 Å². The van der Waals surface area contributed by atoms with Gasteiger partial charge in [0.05, 0.1) is 0 Å². The van der Waals surface area contributed by atoms with Gasteiger partial charge in [-0.05, 0) is 42.0 Å². The van der Waals surface area contributed by atoms with Gasteiger partial charge in [0, 0.05) is 15.1 Å². The molecule has 1 aromatic heterocycles. The van der Waals surface area contributed by atoms with Gasteiger partial charge in [-0.15, -0.1) is 11.3 Å². The molecule has 0 saturated heterocycles. The fraction of sp³-hybridized carbons (Fsp3) is 0.273. The van der Waals surface area contributed by atoms with Gasteiger partial charge in [-0.25, -0.2) is 0 Å². The Hall–Kier alpha value is -0.530. The zero-order chi connectivity index (χ0) is 9.42. The molecular formula is C11H11ClS. The largest absolute Gasteiger partial charge is 0.143 e. The summed E-state index contributed by atoms with van der Waals surface area (Å²) < 4.78 is 1.35. The molecule has 0 aliphatic heterocycles. The molecule has 2 rings (SSSR count). The van der Waals surface area contributed by atoms with Gasteiger partial charge in [-0.2, -0.15) is 0 Å². The maximum Gasteiger partial charge on any atom is 0.0495 e. The standard InChI is InChI=1S/C11H11ClS/c1-3-8-7(2)6-10(12)9-4-5-13-11(8)9/h4-6H,3H2,1-2H3. The summed E-state index contributed by atoms with van der Waals surface area (Å²) in [6.45, 7) is 4.32. The van der Waals surface area contributed by atoms with Gasteiger partial charge in [0.15, 0.2) is 0 Å². The van der Waals surface area contributed by atoms with E-state index in [9.17, 15) is 0 Å². The quantitative estimate of drug-likeness (QED) is 0.654. The van der Waals surface area contributed by atoms with E-state index < -0.39 is 0 Å². The van der Waals surface area contributed by atoms with E-state index in [4.69, 9.17) is 11.6 Å². The average Bonchev–Trinajstić information content (AvgIpc) is 2.53. The summed E-state index contributed by atoms with van der Waals surface area (Å²) in [5.74, 6) is 0. The highest BCUT2D eigenvalue weighted by molar-refractivity contribution is 7.17. The topological polar surface area (TPSA) is 0 Å². The molecular weight excluding hydrogens is 200 g/mol. The highest BCUT2D eigenvalue weighted by atomic mass is 35.5. The van der Waals surface area contributed by atoms with E-state index in [0.29, 0.717) is 0 Å². The van der Waals surface area contributed by atoms with Crippen molar-refractivity contribution in [3.63, 3.8) is 0 Å². The number of fused-ring (bicyclic) bond motifs is 1. The molecule has 2 heteroatoms. The molecule has 1 heterocycles. The van der Waals surface area contributed by atoms with Crippen molar-refractivity contribution < 1.29 is 0 Å². The zero-order valence-electron chi connectivity index (χ0n) is 7.73. The Morgan fingerprint density at radius 2 is 2.23 bits per heavy atom. The summed E-state index contributed by atoms with van der Waals surface area (Å²) in [4.78, 5) is 0. The Morgan fingerprint density at radius 1 is 1.46 bits per heavy atom. The summed E-state index contributed by atoms with van der Waals surface area (Å²) in [6.07, 6.45) is 1.08. The lowest BCUT2D eigenvalue weighted by Crippen LogP contribution is -1.86. The maximum atomic E-state index is 6.14. The lowest BCUT2D eigenvalue weighted by molar-refractivity contribution is 1.13. The SMILES string of the molecule is CCc1c(C)cc(Cl)c2ccsc12. The minimum absolute atomic E-state index is 0.881. The minimum Gasteiger partial charge on any atom is -0.143 e. The van der Waals surface area contributed by atoms with Gasteiger partial charge >= 0.3 is 0 Å². The molecule has 0 N–H and O–H groups in total.